The summed E-state index contributed by atoms with van der Waals surface area (Å²) in [5, 5.41) is 9.32. The summed E-state index contributed by atoms with van der Waals surface area (Å²) in [6.45, 7) is -0.0646. The lowest BCUT2D eigenvalue weighted by molar-refractivity contribution is 0.0560. The van der Waals surface area contributed by atoms with Crippen LogP contribution in [-0.4, -0.2) is 34.5 Å². The number of hydrogen-bond donors (Lipinski definition) is 1. The highest BCUT2D eigenvalue weighted by Crippen LogP contribution is 2.26. The predicted molar refractivity (Wildman–Crippen MR) is 82.6 cm³/mol. The van der Waals surface area contributed by atoms with Crippen molar-refractivity contribution in [2.45, 2.75) is 18.9 Å². The second-order valence-corrected chi connectivity index (χ2v) is 5.38. The lowest BCUT2D eigenvalue weighted by Crippen LogP contribution is -2.41. The number of imide groups is 1. The molecule has 0 aromatic heterocycles. The lowest BCUT2D eigenvalue weighted by Gasteiger charge is -2.25. The average Bonchev–Trinajstić information content (AvgIpc) is 2.80. The van der Waals surface area contributed by atoms with Crippen LogP contribution >= 0.6 is 0 Å². The molecule has 1 N–H and O–H groups in total. The minimum Gasteiger partial charge on any atom is -0.396 e. The standard InChI is InChI=1S/C18H17NO3/c20-11-10-14(12-13-6-2-1-3-7-13)19-17(21)15-8-4-5-9-16(15)18(19)22/h1-9,14,20H,10-12H2/t14-/m1/s1. The molecule has 1 aliphatic heterocycles. The van der Waals surface area contributed by atoms with Crippen LogP contribution in [-0.2, 0) is 6.42 Å². The van der Waals surface area contributed by atoms with E-state index in [4.69, 9.17) is 0 Å². The van der Waals surface area contributed by atoms with Gasteiger partial charge >= 0.3 is 0 Å². The molecule has 2 aromatic rings. The van der Waals surface area contributed by atoms with E-state index in [1.807, 2.05) is 30.3 Å². The van der Waals surface area contributed by atoms with Crippen LogP contribution in [0.3, 0.4) is 0 Å². The molecule has 1 aliphatic rings. The molecule has 0 radical (unpaired) electrons. The van der Waals surface area contributed by atoms with Crippen LogP contribution in [0.4, 0.5) is 0 Å². The third-order valence-electron chi connectivity index (χ3n) is 3.97. The molecule has 22 heavy (non-hydrogen) atoms. The SMILES string of the molecule is O=C1c2ccccc2C(=O)N1[C@H](CCO)Cc1ccccc1. The number of fused-ring (bicyclic) bond motifs is 1. The maximum absolute atomic E-state index is 12.5. The van der Waals surface area contributed by atoms with E-state index in [0.29, 0.717) is 24.0 Å². The fourth-order valence-corrected chi connectivity index (χ4v) is 2.90. The molecule has 3 rings (SSSR count). The number of benzene rings is 2. The molecule has 4 heteroatoms. The third kappa shape index (κ3) is 2.53. The summed E-state index contributed by atoms with van der Waals surface area (Å²) in [6.07, 6.45) is 0.924. The summed E-state index contributed by atoms with van der Waals surface area (Å²) >= 11 is 0. The van der Waals surface area contributed by atoms with Crippen molar-refractivity contribution in [1.82, 2.24) is 4.90 Å². The Balaban J connectivity index is 1.90. The van der Waals surface area contributed by atoms with Crippen molar-refractivity contribution in [3.8, 4) is 0 Å². The van der Waals surface area contributed by atoms with Gasteiger partial charge in [0.05, 0.1) is 11.1 Å². The first-order valence-electron chi connectivity index (χ1n) is 7.34. The number of aliphatic hydroxyl groups excluding tert-OH is 1. The Morgan fingerprint density at radius 3 is 1.95 bits per heavy atom. The van der Waals surface area contributed by atoms with Crippen molar-refractivity contribution in [2.75, 3.05) is 6.61 Å². The van der Waals surface area contributed by atoms with Gasteiger partial charge in [0.1, 0.15) is 0 Å². The van der Waals surface area contributed by atoms with Crippen molar-refractivity contribution < 1.29 is 14.7 Å². The van der Waals surface area contributed by atoms with Gasteiger partial charge in [0.2, 0.25) is 0 Å². The van der Waals surface area contributed by atoms with Crippen LogP contribution in [0.25, 0.3) is 0 Å². The maximum atomic E-state index is 12.5. The van der Waals surface area contributed by atoms with Crippen LogP contribution in [0.5, 0.6) is 0 Å². The second kappa shape index (κ2) is 6.12. The van der Waals surface area contributed by atoms with E-state index >= 15 is 0 Å². The van der Waals surface area contributed by atoms with Gasteiger partial charge in [-0.2, -0.15) is 0 Å². The van der Waals surface area contributed by atoms with E-state index in [2.05, 4.69) is 0 Å². The first kappa shape index (κ1) is 14.5. The van der Waals surface area contributed by atoms with Crippen LogP contribution in [0, 0.1) is 0 Å². The summed E-state index contributed by atoms with van der Waals surface area (Å²) in [5.74, 6) is -0.537. The molecule has 2 aromatic carbocycles. The van der Waals surface area contributed by atoms with Crippen molar-refractivity contribution in [1.29, 1.82) is 0 Å². The minimum absolute atomic E-state index is 0.0646. The zero-order chi connectivity index (χ0) is 15.5. The molecule has 1 atom stereocenters. The molecule has 0 bridgehead atoms. The Bertz CT molecular complexity index is 661. The summed E-state index contributed by atoms with van der Waals surface area (Å²) in [5.41, 5.74) is 1.93. The van der Waals surface area contributed by atoms with Crippen LogP contribution in [0.15, 0.2) is 54.6 Å². The number of carbonyl (C=O) groups excluding carboxylic acids is 2. The molecule has 2 amide bonds. The molecule has 0 spiro atoms. The summed E-state index contributed by atoms with van der Waals surface area (Å²) in [4.78, 5) is 26.4. The molecule has 4 nitrogen and oxygen atoms in total. The normalized spacial score (nSPS) is 15.0. The Morgan fingerprint density at radius 2 is 1.41 bits per heavy atom. The Kier molecular flexibility index (Phi) is 4.02. The summed E-state index contributed by atoms with van der Waals surface area (Å²) in [6, 6.07) is 16.2. The molecule has 0 unspecified atom stereocenters. The highest BCUT2D eigenvalue weighted by Gasteiger charge is 2.39. The first-order valence-corrected chi connectivity index (χ1v) is 7.34. The van der Waals surface area contributed by atoms with E-state index in [-0.39, 0.29) is 24.5 Å². The van der Waals surface area contributed by atoms with Gasteiger partial charge < -0.3 is 5.11 Å². The number of rotatable bonds is 5. The largest absolute Gasteiger partial charge is 0.396 e. The van der Waals surface area contributed by atoms with E-state index in [0.717, 1.165) is 5.56 Å². The van der Waals surface area contributed by atoms with Gasteiger partial charge in [0.15, 0.2) is 0 Å². The zero-order valence-corrected chi connectivity index (χ0v) is 12.1. The Hall–Kier alpha value is -2.46. The molecule has 1 heterocycles. The summed E-state index contributed by atoms with van der Waals surface area (Å²) in [7, 11) is 0. The van der Waals surface area contributed by atoms with E-state index < -0.39 is 0 Å². The number of aliphatic hydroxyl groups is 1. The second-order valence-electron chi connectivity index (χ2n) is 5.38. The van der Waals surface area contributed by atoms with E-state index in [9.17, 15) is 14.7 Å². The molecule has 112 valence electrons. The fourth-order valence-electron chi connectivity index (χ4n) is 2.90. The van der Waals surface area contributed by atoms with Gasteiger partial charge in [-0.1, -0.05) is 42.5 Å². The van der Waals surface area contributed by atoms with Gasteiger partial charge in [-0.05, 0) is 30.5 Å². The zero-order valence-electron chi connectivity index (χ0n) is 12.1. The summed E-state index contributed by atoms with van der Waals surface area (Å²) < 4.78 is 0. The van der Waals surface area contributed by atoms with Crippen LogP contribution < -0.4 is 0 Å². The Labute approximate surface area is 129 Å². The number of hydrogen-bond acceptors (Lipinski definition) is 3. The fraction of sp³-hybridized carbons (Fsp3) is 0.222. The smallest absolute Gasteiger partial charge is 0.261 e. The topological polar surface area (TPSA) is 57.6 Å². The molecule has 0 saturated carbocycles. The van der Waals surface area contributed by atoms with Gasteiger partial charge in [-0.3, -0.25) is 14.5 Å². The van der Waals surface area contributed by atoms with Gasteiger partial charge in [0.25, 0.3) is 11.8 Å². The van der Waals surface area contributed by atoms with Crippen molar-refractivity contribution in [2.24, 2.45) is 0 Å². The number of nitrogens with zero attached hydrogens (tertiary/aromatic N) is 1. The minimum atomic E-state index is -0.334. The predicted octanol–water partition coefficient (Wildman–Crippen LogP) is 2.28. The van der Waals surface area contributed by atoms with Gasteiger partial charge in [-0.25, -0.2) is 0 Å². The quantitative estimate of drug-likeness (QED) is 0.861. The van der Waals surface area contributed by atoms with Crippen molar-refractivity contribution >= 4 is 11.8 Å². The van der Waals surface area contributed by atoms with Gasteiger partial charge in [0, 0.05) is 12.6 Å². The average molecular weight is 295 g/mol. The van der Waals surface area contributed by atoms with Crippen molar-refractivity contribution in [3.63, 3.8) is 0 Å². The van der Waals surface area contributed by atoms with E-state index in [1.165, 1.54) is 4.90 Å². The monoisotopic (exact) mass is 295 g/mol. The third-order valence-corrected chi connectivity index (χ3v) is 3.97. The highest BCUT2D eigenvalue weighted by molar-refractivity contribution is 6.21. The van der Waals surface area contributed by atoms with Gasteiger partial charge in [-0.15, -0.1) is 0 Å². The molecular formula is C18H17NO3. The molecular weight excluding hydrogens is 278 g/mol. The van der Waals surface area contributed by atoms with Crippen LogP contribution in [0.2, 0.25) is 0 Å². The Morgan fingerprint density at radius 1 is 0.864 bits per heavy atom. The first-order chi connectivity index (χ1) is 10.7. The number of carbonyl (C=O) groups is 2. The molecule has 0 fully saturated rings. The molecule has 0 saturated heterocycles. The number of amides is 2. The van der Waals surface area contributed by atoms with Crippen LogP contribution in [0.1, 0.15) is 32.7 Å². The molecule has 0 aliphatic carbocycles. The lowest BCUT2D eigenvalue weighted by atomic mass is 10.0. The van der Waals surface area contributed by atoms with E-state index in [1.54, 1.807) is 24.3 Å². The maximum Gasteiger partial charge on any atom is 0.261 e. The highest BCUT2D eigenvalue weighted by atomic mass is 16.3. The van der Waals surface area contributed by atoms with Crippen molar-refractivity contribution in [3.05, 3.63) is 71.3 Å².